The average Bonchev–Trinajstić information content (AvgIpc) is 2.67. The number of halogens is 1. The Bertz CT molecular complexity index is 1090. The Morgan fingerprint density at radius 1 is 0.963 bits per heavy atom. The zero-order valence-corrected chi connectivity index (χ0v) is 15.3. The molecule has 0 aliphatic rings. The molecule has 0 bridgehead atoms. The molecule has 0 saturated carbocycles. The maximum absolute atomic E-state index is 11.2. The molecule has 5 nitrogen and oxygen atoms in total. The average molecular weight is 381 g/mol. The molecular weight excluding hydrogens is 364 g/mol. The van der Waals surface area contributed by atoms with E-state index in [2.05, 4.69) is 5.32 Å². The highest BCUT2D eigenvalue weighted by atomic mass is 35.5. The van der Waals surface area contributed by atoms with Gasteiger partial charge in [0.1, 0.15) is 5.75 Å². The number of rotatable bonds is 4. The molecular formula is C21H17ClN2O3. The van der Waals surface area contributed by atoms with Crippen molar-refractivity contribution in [3.05, 3.63) is 72.3 Å². The van der Waals surface area contributed by atoms with Crippen molar-refractivity contribution in [3.8, 4) is 5.75 Å². The predicted molar refractivity (Wildman–Crippen MR) is 110 cm³/mol. The van der Waals surface area contributed by atoms with Crippen LogP contribution >= 0.6 is 12.4 Å². The lowest BCUT2D eigenvalue weighted by Crippen LogP contribution is -2.01. The first-order valence-electron chi connectivity index (χ1n) is 8.13. The summed E-state index contributed by atoms with van der Waals surface area (Å²) >= 11 is 0. The minimum absolute atomic E-state index is 0. The molecule has 27 heavy (non-hydrogen) atoms. The van der Waals surface area contributed by atoms with Crippen molar-refractivity contribution < 1.29 is 14.6 Å². The summed E-state index contributed by atoms with van der Waals surface area (Å²) in [4.78, 5) is 15.9. The molecule has 1 aromatic heterocycles. The van der Waals surface area contributed by atoms with E-state index < -0.39 is 5.97 Å². The van der Waals surface area contributed by atoms with Crippen LogP contribution in [0.25, 0.3) is 21.8 Å². The van der Waals surface area contributed by atoms with Crippen LogP contribution in [0.15, 0.2) is 66.7 Å². The van der Waals surface area contributed by atoms with E-state index in [9.17, 15) is 9.90 Å². The Morgan fingerprint density at radius 3 is 2.11 bits per heavy atom. The van der Waals surface area contributed by atoms with Gasteiger partial charge in [-0.25, -0.2) is 9.78 Å². The second kappa shape index (κ2) is 7.51. The van der Waals surface area contributed by atoms with E-state index in [1.807, 2.05) is 48.5 Å². The van der Waals surface area contributed by atoms with E-state index in [1.54, 1.807) is 12.1 Å². The molecule has 0 atom stereocenters. The number of para-hydroxylation sites is 2. The Hall–Kier alpha value is -3.31. The molecule has 0 amide bonds. The number of nitrogens with zero attached hydrogens (tertiary/aromatic N) is 1. The summed E-state index contributed by atoms with van der Waals surface area (Å²) in [5, 5.41) is 14.6. The zero-order chi connectivity index (χ0) is 18.1. The van der Waals surface area contributed by atoms with Gasteiger partial charge in [0.2, 0.25) is 0 Å². The van der Waals surface area contributed by atoms with E-state index in [0.29, 0.717) is 11.4 Å². The minimum atomic E-state index is -0.991. The van der Waals surface area contributed by atoms with Gasteiger partial charge in [-0.3, -0.25) is 0 Å². The first kappa shape index (κ1) is 18.5. The van der Waals surface area contributed by atoms with Crippen molar-refractivity contribution in [2.75, 3.05) is 12.4 Å². The highest BCUT2D eigenvalue weighted by Crippen LogP contribution is 2.36. The van der Waals surface area contributed by atoms with E-state index in [-0.39, 0.29) is 18.0 Å². The van der Waals surface area contributed by atoms with Gasteiger partial charge in [-0.2, -0.15) is 0 Å². The van der Waals surface area contributed by atoms with E-state index >= 15 is 0 Å². The van der Waals surface area contributed by atoms with Gasteiger partial charge >= 0.3 is 5.97 Å². The van der Waals surface area contributed by atoms with Crippen molar-refractivity contribution in [2.24, 2.45) is 0 Å². The van der Waals surface area contributed by atoms with Gasteiger partial charge in [0.05, 0.1) is 35.1 Å². The van der Waals surface area contributed by atoms with Crippen LogP contribution < -0.4 is 10.1 Å². The Balaban J connectivity index is 0.00000210. The maximum atomic E-state index is 11.2. The largest absolute Gasteiger partial charge is 0.495 e. The molecule has 1 heterocycles. The second-order valence-corrected chi connectivity index (χ2v) is 5.87. The molecule has 0 unspecified atom stereocenters. The highest BCUT2D eigenvalue weighted by molar-refractivity contribution is 6.09. The van der Waals surface area contributed by atoms with Crippen LogP contribution in [0.4, 0.5) is 11.4 Å². The van der Waals surface area contributed by atoms with Crippen LogP contribution in [0.2, 0.25) is 0 Å². The lowest BCUT2D eigenvalue weighted by molar-refractivity contribution is 0.0696. The molecule has 0 aliphatic carbocycles. The van der Waals surface area contributed by atoms with Gasteiger partial charge in [0.25, 0.3) is 0 Å². The standard InChI is InChI=1S/C21H16N2O3.ClH/c1-26-19-12-13(21(24)25)10-11-18(19)23-20-14-6-2-4-8-16(14)22-17-9-5-3-7-15(17)20;/h2-12H,1H3,(H,22,23)(H,24,25);1H. The van der Waals surface area contributed by atoms with Gasteiger partial charge in [-0.1, -0.05) is 36.4 Å². The zero-order valence-electron chi connectivity index (χ0n) is 14.5. The van der Waals surface area contributed by atoms with Crippen molar-refractivity contribution in [3.63, 3.8) is 0 Å². The summed E-state index contributed by atoms with van der Waals surface area (Å²) in [6.45, 7) is 0. The van der Waals surface area contributed by atoms with Crippen LogP contribution in [-0.2, 0) is 0 Å². The third kappa shape index (κ3) is 3.37. The molecule has 4 rings (SSSR count). The van der Waals surface area contributed by atoms with Gasteiger partial charge in [0, 0.05) is 10.8 Å². The van der Waals surface area contributed by atoms with E-state index in [4.69, 9.17) is 9.72 Å². The van der Waals surface area contributed by atoms with Crippen LogP contribution in [0.5, 0.6) is 5.75 Å². The molecule has 0 fully saturated rings. The van der Waals surface area contributed by atoms with E-state index in [1.165, 1.54) is 13.2 Å². The molecule has 6 heteroatoms. The van der Waals surface area contributed by atoms with Crippen LogP contribution in [0, 0.1) is 0 Å². The Labute approximate surface area is 162 Å². The number of carbonyl (C=O) groups is 1. The molecule has 2 N–H and O–H groups in total. The number of ether oxygens (including phenoxy) is 1. The number of anilines is 2. The number of nitrogens with one attached hydrogen (secondary N) is 1. The molecule has 0 saturated heterocycles. The second-order valence-electron chi connectivity index (χ2n) is 5.87. The van der Waals surface area contributed by atoms with Crippen molar-refractivity contribution in [2.45, 2.75) is 0 Å². The number of benzene rings is 3. The Morgan fingerprint density at radius 2 is 1.56 bits per heavy atom. The molecule has 3 aromatic carbocycles. The summed E-state index contributed by atoms with van der Waals surface area (Å²) < 4.78 is 5.39. The molecule has 136 valence electrons. The number of fused-ring (bicyclic) bond motifs is 2. The number of carboxylic acid groups (broad SMARTS) is 1. The first-order chi connectivity index (χ1) is 12.7. The summed E-state index contributed by atoms with van der Waals surface area (Å²) in [7, 11) is 1.52. The number of aromatic nitrogens is 1. The maximum Gasteiger partial charge on any atom is 0.335 e. The third-order valence-corrected chi connectivity index (χ3v) is 4.30. The SMILES string of the molecule is COc1cc(C(=O)O)ccc1Nc1c2ccccc2nc2ccccc12.Cl. The first-order valence-corrected chi connectivity index (χ1v) is 8.13. The van der Waals surface area contributed by atoms with Gasteiger partial charge < -0.3 is 15.2 Å². The molecule has 0 spiro atoms. The van der Waals surface area contributed by atoms with Gasteiger partial charge in [-0.15, -0.1) is 12.4 Å². The smallest absolute Gasteiger partial charge is 0.335 e. The third-order valence-electron chi connectivity index (χ3n) is 4.30. The number of carboxylic acids is 1. The lowest BCUT2D eigenvalue weighted by Gasteiger charge is -2.16. The molecule has 4 aromatic rings. The van der Waals surface area contributed by atoms with Crippen LogP contribution in [0.1, 0.15) is 10.4 Å². The monoisotopic (exact) mass is 380 g/mol. The quantitative estimate of drug-likeness (QED) is 0.472. The van der Waals surface area contributed by atoms with Crippen LogP contribution in [0.3, 0.4) is 0 Å². The summed E-state index contributed by atoms with van der Waals surface area (Å²) in [6.07, 6.45) is 0. The molecule has 0 aliphatic heterocycles. The normalized spacial score (nSPS) is 10.4. The van der Waals surface area contributed by atoms with Crippen molar-refractivity contribution >= 4 is 51.6 Å². The van der Waals surface area contributed by atoms with E-state index in [0.717, 1.165) is 27.5 Å². The number of hydrogen-bond acceptors (Lipinski definition) is 4. The highest BCUT2D eigenvalue weighted by Gasteiger charge is 2.13. The minimum Gasteiger partial charge on any atom is -0.495 e. The van der Waals surface area contributed by atoms with Gasteiger partial charge in [-0.05, 0) is 30.3 Å². The number of aromatic carboxylic acids is 1. The number of pyridine rings is 1. The fraction of sp³-hybridized carbons (Fsp3) is 0.0476. The number of methoxy groups -OCH3 is 1. The predicted octanol–water partition coefficient (Wildman–Crippen LogP) is 5.26. The van der Waals surface area contributed by atoms with Crippen molar-refractivity contribution in [1.82, 2.24) is 4.98 Å². The van der Waals surface area contributed by atoms with Gasteiger partial charge in [0.15, 0.2) is 0 Å². The molecule has 0 radical (unpaired) electrons. The van der Waals surface area contributed by atoms with Crippen LogP contribution in [-0.4, -0.2) is 23.2 Å². The Kier molecular flexibility index (Phi) is 5.14. The number of hydrogen-bond donors (Lipinski definition) is 2. The summed E-state index contributed by atoms with van der Waals surface area (Å²) in [5.41, 5.74) is 3.55. The van der Waals surface area contributed by atoms with Crippen molar-refractivity contribution in [1.29, 1.82) is 0 Å². The summed E-state index contributed by atoms with van der Waals surface area (Å²) in [5.74, 6) is -0.524. The summed E-state index contributed by atoms with van der Waals surface area (Å²) in [6, 6.07) is 20.6. The topological polar surface area (TPSA) is 71.5 Å². The lowest BCUT2D eigenvalue weighted by atomic mass is 10.1. The fourth-order valence-corrected chi connectivity index (χ4v) is 3.04. The fourth-order valence-electron chi connectivity index (χ4n) is 3.04.